The van der Waals surface area contributed by atoms with E-state index >= 15 is 0 Å². The van der Waals surface area contributed by atoms with E-state index in [-0.39, 0.29) is 18.1 Å². The summed E-state index contributed by atoms with van der Waals surface area (Å²) in [6.07, 6.45) is 5.89. The Kier molecular flexibility index (Phi) is 6.04. The zero-order valence-electron chi connectivity index (χ0n) is 17.6. The molecule has 2 N–H and O–H groups in total. The molecule has 4 rings (SSSR count). The van der Waals surface area contributed by atoms with Gasteiger partial charge in [-0.15, -0.1) is 0 Å². The van der Waals surface area contributed by atoms with E-state index in [0.717, 1.165) is 27.4 Å². The molecule has 7 nitrogen and oxygen atoms in total. The Morgan fingerprint density at radius 3 is 2.69 bits per heavy atom. The molecule has 32 heavy (non-hydrogen) atoms. The van der Waals surface area contributed by atoms with Crippen molar-refractivity contribution in [2.45, 2.75) is 13.0 Å². The molecular formula is C25H22N4O3. The maximum absolute atomic E-state index is 12.6. The summed E-state index contributed by atoms with van der Waals surface area (Å²) in [6.45, 7) is 0.452. The SMILES string of the molecule is COC(=O)Cn1cc(C=C(C#N)C(=O)NCCc2c[nH]c3ccccc23)c2ccccc21. The number of carbonyl (C=O) groups is 2. The Balaban J connectivity index is 1.51. The number of hydrogen-bond donors (Lipinski definition) is 2. The van der Waals surface area contributed by atoms with E-state index in [1.165, 1.54) is 7.11 Å². The van der Waals surface area contributed by atoms with Crippen molar-refractivity contribution in [2.75, 3.05) is 13.7 Å². The van der Waals surface area contributed by atoms with Crippen LogP contribution in [-0.2, 0) is 27.3 Å². The molecule has 2 heterocycles. The lowest BCUT2D eigenvalue weighted by Gasteiger charge is -2.04. The number of rotatable bonds is 7. The number of hydrogen-bond acceptors (Lipinski definition) is 4. The van der Waals surface area contributed by atoms with Crippen LogP contribution >= 0.6 is 0 Å². The molecule has 0 fully saturated rings. The molecule has 0 aliphatic rings. The molecule has 160 valence electrons. The number of methoxy groups -OCH3 is 1. The first-order valence-corrected chi connectivity index (χ1v) is 10.2. The number of H-pyrrole nitrogens is 1. The molecule has 0 unspecified atom stereocenters. The summed E-state index contributed by atoms with van der Waals surface area (Å²) in [5.41, 5.74) is 3.67. The number of nitrogens with zero attached hydrogens (tertiary/aromatic N) is 2. The van der Waals surface area contributed by atoms with Crippen molar-refractivity contribution < 1.29 is 14.3 Å². The molecule has 0 aliphatic carbocycles. The number of aromatic amines is 1. The van der Waals surface area contributed by atoms with Crippen LogP contribution < -0.4 is 5.32 Å². The van der Waals surface area contributed by atoms with E-state index in [4.69, 9.17) is 4.74 Å². The van der Waals surface area contributed by atoms with Gasteiger partial charge in [0.05, 0.1) is 7.11 Å². The van der Waals surface area contributed by atoms with Gasteiger partial charge >= 0.3 is 5.97 Å². The molecule has 1 amide bonds. The van der Waals surface area contributed by atoms with E-state index in [2.05, 4.69) is 10.3 Å². The first kappa shape index (κ1) is 20.9. The summed E-state index contributed by atoms with van der Waals surface area (Å²) in [5, 5.41) is 14.4. The third-order valence-electron chi connectivity index (χ3n) is 5.37. The van der Waals surface area contributed by atoms with Crippen LogP contribution in [0.1, 0.15) is 11.1 Å². The second-order valence-corrected chi connectivity index (χ2v) is 7.34. The van der Waals surface area contributed by atoms with Crippen LogP contribution in [0.5, 0.6) is 0 Å². The fourth-order valence-corrected chi connectivity index (χ4v) is 3.77. The van der Waals surface area contributed by atoms with E-state index < -0.39 is 5.91 Å². The van der Waals surface area contributed by atoms with Gasteiger partial charge in [0, 0.05) is 46.3 Å². The second kappa shape index (κ2) is 9.23. The Labute approximate surface area is 184 Å². The quantitative estimate of drug-likeness (QED) is 0.268. The minimum Gasteiger partial charge on any atom is -0.468 e. The van der Waals surface area contributed by atoms with Gasteiger partial charge in [0.15, 0.2) is 0 Å². The number of carbonyl (C=O) groups excluding carboxylic acids is 2. The molecule has 0 saturated heterocycles. The Morgan fingerprint density at radius 1 is 1.16 bits per heavy atom. The normalized spacial score (nSPS) is 11.4. The fraction of sp³-hybridized carbons (Fsp3) is 0.160. The van der Waals surface area contributed by atoms with Gasteiger partial charge in [-0.2, -0.15) is 5.26 Å². The third-order valence-corrected chi connectivity index (χ3v) is 5.37. The van der Waals surface area contributed by atoms with Crippen LogP contribution in [0.2, 0.25) is 0 Å². The Morgan fingerprint density at radius 2 is 1.91 bits per heavy atom. The van der Waals surface area contributed by atoms with E-state index in [9.17, 15) is 14.9 Å². The molecule has 7 heteroatoms. The number of para-hydroxylation sites is 2. The van der Waals surface area contributed by atoms with Crippen LogP contribution in [0.4, 0.5) is 0 Å². The van der Waals surface area contributed by atoms with Gasteiger partial charge in [0.25, 0.3) is 5.91 Å². The lowest BCUT2D eigenvalue weighted by Crippen LogP contribution is -2.26. The van der Waals surface area contributed by atoms with Crippen LogP contribution in [0.3, 0.4) is 0 Å². The van der Waals surface area contributed by atoms with Gasteiger partial charge < -0.3 is 19.6 Å². The summed E-state index contributed by atoms with van der Waals surface area (Å²) in [7, 11) is 1.34. The highest BCUT2D eigenvalue weighted by Crippen LogP contribution is 2.24. The van der Waals surface area contributed by atoms with Crippen molar-refractivity contribution >= 4 is 39.8 Å². The lowest BCUT2D eigenvalue weighted by molar-refractivity contribution is -0.141. The van der Waals surface area contributed by atoms with Crippen LogP contribution in [0, 0.1) is 11.3 Å². The molecule has 0 spiro atoms. The predicted octanol–water partition coefficient (Wildman–Crippen LogP) is 3.56. The van der Waals surface area contributed by atoms with Crippen LogP contribution in [0.25, 0.3) is 27.9 Å². The smallest absolute Gasteiger partial charge is 0.325 e. The molecule has 2 aromatic heterocycles. The zero-order valence-corrected chi connectivity index (χ0v) is 17.6. The highest BCUT2D eigenvalue weighted by atomic mass is 16.5. The number of amides is 1. The number of aromatic nitrogens is 2. The summed E-state index contributed by atoms with van der Waals surface area (Å²) < 4.78 is 6.51. The van der Waals surface area contributed by atoms with Crippen molar-refractivity contribution in [3.05, 3.63) is 77.6 Å². The van der Waals surface area contributed by atoms with Crippen molar-refractivity contribution in [1.29, 1.82) is 5.26 Å². The number of nitrogens with one attached hydrogen (secondary N) is 2. The minimum atomic E-state index is -0.433. The van der Waals surface area contributed by atoms with Crippen molar-refractivity contribution in [3.63, 3.8) is 0 Å². The molecular weight excluding hydrogens is 404 g/mol. The monoisotopic (exact) mass is 426 g/mol. The van der Waals surface area contributed by atoms with Gasteiger partial charge in [0.2, 0.25) is 0 Å². The highest BCUT2D eigenvalue weighted by molar-refractivity contribution is 6.04. The number of fused-ring (bicyclic) bond motifs is 2. The van der Waals surface area contributed by atoms with Gasteiger partial charge in [-0.1, -0.05) is 36.4 Å². The topological polar surface area (TPSA) is 99.9 Å². The van der Waals surface area contributed by atoms with Gasteiger partial charge in [-0.25, -0.2) is 0 Å². The highest BCUT2D eigenvalue weighted by Gasteiger charge is 2.14. The third kappa shape index (κ3) is 4.25. The average Bonchev–Trinajstić information content (AvgIpc) is 3.39. The molecule has 0 bridgehead atoms. The number of nitriles is 1. The van der Waals surface area contributed by atoms with Crippen molar-refractivity contribution in [1.82, 2.24) is 14.9 Å². The van der Waals surface area contributed by atoms with Gasteiger partial charge in [0.1, 0.15) is 18.2 Å². The molecule has 0 saturated carbocycles. The molecule has 0 radical (unpaired) electrons. The fourth-order valence-electron chi connectivity index (χ4n) is 3.77. The number of ether oxygens (including phenoxy) is 1. The van der Waals surface area contributed by atoms with Gasteiger partial charge in [-0.05, 0) is 30.2 Å². The second-order valence-electron chi connectivity index (χ2n) is 7.34. The first-order chi connectivity index (χ1) is 15.6. The number of esters is 1. The standard InChI is InChI=1S/C25H22N4O3/c1-32-24(30)16-29-15-19(21-7-3-5-9-23(21)29)12-18(13-26)25(31)27-11-10-17-14-28-22-8-4-2-6-20(17)22/h2-9,12,14-15,28H,10-11,16H2,1H3,(H,27,31). The summed E-state index contributed by atoms with van der Waals surface area (Å²) in [5.74, 6) is -0.811. The Hall–Kier alpha value is -4.31. The summed E-state index contributed by atoms with van der Waals surface area (Å²) >= 11 is 0. The molecule has 0 atom stereocenters. The predicted molar refractivity (Wildman–Crippen MR) is 123 cm³/mol. The average molecular weight is 426 g/mol. The van der Waals surface area contributed by atoms with Crippen LogP contribution in [0.15, 0.2) is 66.5 Å². The van der Waals surface area contributed by atoms with Crippen LogP contribution in [-0.4, -0.2) is 35.1 Å². The molecule has 4 aromatic rings. The van der Waals surface area contributed by atoms with Crippen molar-refractivity contribution in [3.8, 4) is 6.07 Å². The van der Waals surface area contributed by atoms with Crippen molar-refractivity contribution in [2.24, 2.45) is 0 Å². The largest absolute Gasteiger partial charge is 0.468 e. The maximum Gasteiger partial charge on any atom is 0.325 e. The van der Waals surface area contributed by atoms with E-state index in [1.807, 2.05) is 60.8 Å². The summed E-state index contributed by atoms with van der Waals surface area (Å²) in [6, 6.07) is 17.5. The minimum absolute atomic E-state index is 0.00453. The summed E-state index contributed by atoms with van der Waals surface area (Å²) in [4.78, 5) is 27.6. The lowest BCUT2D eigenvalue weighted by atomic mass is 10.1. The number of benzene rings is 2. The van der Waals surface area contributed by atoms with Gasteiger partial charge in [-0.3, -0.25) is 9.59 Å². The molecule has 2 aromatic carbocycles. The maximum atomic E-state index is 12.6. The molecule has 0 aliphatic heterocycles. The van der Waals surface area contributed by atoms with E-state index in [1.54, 1.807) is 16.8 Å². The first-order valence-electron chi connectivity index (χ1n) is 10.2. The zero-order chi connectivity index (χ0) is 22.5. The van der Waals surface area contributed by atoms with E-state index in [0.29, 0.717) is 18.5 Å². The Bertz CT molecular complexity index is 1370.